The number of hydrogen-bond acceptors (Lipinski definition) is 4. The maximum Gasteiger partial charge on any atom is 0.408 e. The minimum absolute atomic E-state index is 0.0805. The molecule has 31 heavy (non-hydrogen) atoms. The van der Waals surface area contributed by atoms with Gasteiger partial charge in [-0.3, -0.25) is 9.89 Å². The van der Waals surface area contributed by atoms with Crippen molar-refractivity contribution in [3.63, 3.8) is 0 Å². The smallest absolute Gasteiger partial charge is 0.408 e. The van der Waals surface area contributed by atoms with E-state index in [0.29, 0.717) is 19.5 Å². The van der Waals surface area contributed by atoms with E-state index in [1.54, 1.807) is 6.20 Å². The Labute approximate surface area is 181 Å². The average molecular weight is 421 g/mol. The zero-order valence-corrected chi connectivity index (χ0v) is 18.1. The Balaban J connectivity index is 1.57. The number of fused-ring (bicyclic) bond motifs is 3. The first-order valence-corrected chi connectivity index (χ1v) is 10.5. The van der Waals surface area contributed by atoms with Gasteiger partial charge in [0.2, 0.25) is 5.91 Å². The number of benzene rings is 2. The molecule has 2 amide bonds. The normalized spacial score (nSPS) is 16.7. The fourth-order valence-electron chi connectivity index (χ4n) is 4.02. The lowest BCUT2D eigenvalue weighted by atomic mass is 9.95. The van der Waals surface area contributed by atoms with Gasteiger partial charge in [0, 0.05) is 24.9 Å². The first-order chi connectivity index (χ1) is 14.8. The van der Waals surface area contributed by atoms with E-state index >= 15 is 0 Å². The highest BCUT2D eigenvalue weighted by atomic mass is 16.5. The molecule has 0 bridgehead atoms. The number of nitrogens with zero attached hydrogens (tertiary/aromatic N) is 2. The maximum atomic E-state index is 13.4. The lowest BCUT2D eigenvalue weighted by Crippen LogP contribution is -2.49. The monoisotopic (exact) mass is 420 g/mol. The lowest BCUT2D eigenvalue weighted by molar-refractivity contribution is -0.135. The molecule has 0 fully saturated rings. The topological polar surface area (TPSA) is 87.3 Å². The highest BCUT2D eigenvalue weighted by molar-refractivity contribution is 5.89. The van der Waals surface area contributed by atoms with E-state index in [1.165, 1.54) is 0 Å². The number of amides is 2. The second-order valence-electron chi connectivity index (χ2n) is 9.25. The van der Waals surface area contributed by atoms with Crippen LogP contribution in [0.1, 0.15) is 37.5 Å². The summed E-state index contributed by atoms with van der Waals surface area (Å²) in [6, 6.07) is 12.8. The summed E-state index contributed by atoms with van der Waals surface area (Å²) < 4.78 is 5.37. The van der Waals surface area contributed by atoms with Gasteiger partial charge in [-0.15, -0.1) is 0 Å². The second kappa shape index (κ2) is 8.41. The molecule has 4 rings (SSSR count). The van der Waals surface area contributed by atoms with Crippen molar-refractivity contribution in [2.45, 2.75) is 46.4 Å². The van der Waals surface area contributed by atoms with Crippen LogP contribution in [0.25, 0.3) is 10.9 Å². The molecule has 0 aliphatic carbocycles. The Kier molecular flexibility index (Phi) is 5.67. The molecule has 0 saturated heterocycles. The molecule has 1 aliphatic rings. The number of H-pyrrole nitrogens is 1. The molecule has 162 valence electrons. The van der Waals surface area contributed by atoms with Crippen molar-refractivity contribution < 1.29 is 14.3 Å². The third kappa shape index (κ3) is 4.87. The molecule has 2 heterocycles. The number of aromatic amines is 1. The first-order valence-electron chi connectivity index (χ1n) is 10.5. The Hall–Kier alpha value is -3.35. The predicted octanol–water partition coefficient (Wildman–Crippen LogP) is 3.79. The molecule has 2 N–H and O–H groups in total. The zero-order chi connectivity index (χ0) is 22.0. The molecule has 7 heteroatoms. The van der Waals surface area contributed by atoms with Crippen LogP contribution < -0.4 is 5.32 Å². The van der Waals surface area contributed by atoms with Crippen molar-refractivity contribution in [2.24, 2.45) is 5.41 Å². The van der Waals surface area contributed by atoms with Crippen molar-refractivity contribution in [2.75, 3.05) is 6.54 Å². The zero-order valence-electron chi connectivity index (χ0n) is 18.1. The Morgan fingerprint density at radius 1 is 1.23 bits per heavy atom. The summed E-state index contributed by atoms with van der Waals surface area (Å²) in [5, 5.41) is 11.0. The van der Waals surface area contributed by atoms with Crippen LogP contribution in [0, 0.1) is 5.41 Å². The largest absolute Gasteiger partial charge is 0.445 e. The lowest BCUT2D eigenvalue weighted by Gasteiger charge is -2.31. The minimum atomic E-state index is -0.684. The molecule has 1 aliphatic heterocycles. The maximum absolute atomic E-state index is 13.4. The van der Waals surface area contributed by atoms with E-state index in [9.17, 15) is 9.59 Å². The fourth-order valence-corrected chi connectivity index (χ4v) is 4.02. The van der Waals surface area contributed by atoms with Gasteiger partial charge in [-0.1, -0.05) is 57.2 Å². The average Bonchev–Trinajstić information content (AvgIpc) is 3.16. The number of carbonyl (C=O) groups is 2. The fraction of sp³-hybridized carbons (Fsp3) is 0.375. The van der Waals surface area contributed by atoms with Gasteiger partial charge in [-0.25, -0.2) is 4.79 Å². The number of hydrogen-bond donors (Lipinski definition) is 2. The number of ether oxygens (including phenoxy) is 1. The van der Waals surface area contributed by atoms with Gasteiger partial charge in [-0.2, -0.15) is 5.10 Å². The highest BCUT2D eigenvalue weighted by Gasteiger charge is 2.33. The van der Waals surface area contributed by atoms with Gasteiger partial charge in [0.25, 0.3) is 0 Å². The van der Waals surface area contributed by atoms with Crippen molar-refractivity contribution in [3.05, 3.63) is 65.4 Å². The van der Waals surface area contributed by atoms with Crippen molar-refractivity contribution in [3.8, 4) is 0 Å². The highest BCUT2D eigenvalue weighted by Crippen LogP contribution is 2.29. The van der Waals surface area contributed by atoms with Crippen molar-refractivity contribution >= 4 is 22.9 Å². The van der Waals surface area contributed by atoms with Crippen LogP contribution in [0.15, 0.2) is 48.7 Å². The summed E-state index contributed by atoms with van der Waals surface area (Å²) in [5.74, 6) is -0.0977. The van der Waals surface area contributed by atoms with Gasteiger partial charge in [0.05, 0.1) is 11.7 Å². The molecule has 1 atom stereocenters. The second-order valence-corrected chi connectivity index (χ2v) is 9.25. The molecular formula is C24H28N4O3. The van der Waals surface area contributed by atoms with Gasteiger partial charge >= 0.3 is 6.09 Å². The number of carbonyl (C=O) groups excluding carboxylic acids is 2. The molecule has 7 nitrogen and oxygen atoms in total. The predicted molar refractivity (Wildman–Crippen MR) is 118 cm³/mol. The van der Waals surface area contributed by atoms with Crippen molar-refractivity contribution in [1.82, 2.24) is 20.4 Å². The summed E-state index contributed by atoms with van der Waals surface area (Å²) in [5.41, 5.74) is 3.86. The van der Waals surface area contributed by atoms with E-state index in [1.807, 2.05) is 47.4 Å². The molecule has 0 saturated carbocycles. The Bertz CT molecular complexity index is 1090. The standard InChI is InChI=1S/C24H28N4O3/c1-24(2,3)15-28-13-19-17(9-10-20-18(19)12-25-27-20)11-21(22(28)29)26-23(30)31-14-16-7-5-4-6-8-16/h4-10,12,21H,11,13-15H2,1-3H3,(H,25,27)(H,26,30). The van der Waals surface area contributed by atoms with Crippen LogP contribution in [0.2, 0.25) is 0 Å². The molecule has 0 spiro atoms. The Morgan fingerprint density at radius 3 is 2.74 bits per heavy atom. The van der Waals surface area contributed by atoms with Crippen LogP contribution >= 0.6 is 0 Å². The van der Waals surface area contributed by atoms with E-state index in [2.05, 4.69) is 36.3 Å². The number of rotatable bonds is 4. The summed E-state index contributed by atoms with van der Waals surface area (Å²) in [4.78, 5) is 27.7. The summed E-state index contributed by atoms with van der Waals surface area (Å²) >= 11 is 0. The molecular weight excluding hydrogens is 392 g/mol. The van der Waals surface area contributed by atoms with Crippen LogP contribution in [-0.4, -0.2) is 39.7 Å². The number of alkyl carbamates (subject to hydrolysis) is 1. The molecule has 3 aromatic rings. The number of aromatic nitrogens is 2. The van der Waals surface area contributed by atoms with Gasteiger partial charge < -0.3 is 15.0 Å². The van der Waals surface area contributed by atoms with Crippen LogP contribution in [0.3, 0.4) is 0 Å². The van der Waals surface area contributed by atoms with Gasteiger partial charge in [0.1, 0.15) is 12.6 Å². The Morgan fingerprint density at radius 2 is 2.00 bits per heavy atom. The number of nitrogens with one attached hydrogen (secondary N) is 2. The van der Waals surface area contributed by atoms with E-state index in [4.69, 9.17) is 4.74 Å². The summed E-state index contributed by atoms with van der Waals surface area (Å²) in [6.45, 7) is 7.52. The van der Waals surface area contributed by atoms with Crippen LogP contribution in [0.4, 0.5) is 4.79 Å². The third-order valence-electron chi connectivity index (χ3n) is 5.39. The summed E-state index contributed by atoms with van der Waals surface area (Å²) in [7, 11) is 0. The molecule has 1 unspecified atom stereocenters. The molecule has 1 aromatic heterocycles. The van der Waals surface area contributed by atoms with Gasteiger partial charge in [0.15, 0.2) is 0 Å². The van der Waals surface area contributed by atoms with Crippen LogP contribution in [-0.2, 0) is 29.1 Å². The summed E-state index contributed by atoms with van der Waals surface area (Å²) in [6.07, 6.45) is 1.62. The van der Waals surface area contributed by atoms with E-state index < -0.39 is 12.1 Å². The quantitative estimate of drug-likeness (QED) is 0.672. The van der Waals surface area contributed by atoms with Crippen molar-refractivity contribution in [1.29, 1.82) is 0 Å². The molecule has 0 radical (unpaired) electrons. The third-order valence-corrected chi connectivity index (χ3v) is 5.39. The van der Waals surface area contributed by atoms with E-state index in [-0.39, 0.29) is 17.9 Å². The molecule has 2 aromatic carbocycles. The first kappa shape index (κ1) is 20.9. The van der Waals surface area contributed by atoms with Crippen LogP contribution in [0.5, 0.6) is 0 Å². The SMILES string of the molecule is CC(C)(C)CN1Cc2c(ccc3[nH]ncc23)CC(NC(=O)OCc2ccccc2)C1=O. The minimum Gasteiger partial charge on any atom is -0.445 e. The van der Waals surface area contributed by atoms with E-state index in [0.717, 1.165) is 27.6 Å². The van der Waals surface area contributed by atoms with Gasteiger partial charge in [-0.05, 0) is 28.2 Å².